The first-order valence-corrected chi connectivity index (χ1v) is 5.34. The summed E-state index contributed by atoms with van der Waals surface area (Å²) in [5.74, 6) is 1.02. The SMILES string of the molecule is CCOc1ccccc1CNC1CC1.[Cl-]. The molecule has 1 aromatic carbocycles. The van der Waals surface area contributed by atoms with Gasteiger partial charge in [0.2, 0.25) is 0 Å². The quantitative estimate of drug-likeness (QED) is 0.720. The van der Waals surface area contributed by atoms with Gasteiger partial charge in [0.25, 0.3) is 0 Å². The Morgan fingerprint density at radius 1 is 1.33 bits per heavy atom. The van der Waals surface area contributed by atoms with Gasteiger partial charge in [0.1, 0.15) is 5.75 Å². The molecule has 0 spiro atoms. The lowest BCUT2D eigenvalue weighted by atomic mass is 10.2. The highest BCUT2D eigenvalue weighted by Gasteiger charge is 2.20. The number of para-hydroxylation sites is 1. The van der Waals surface area contributed by atoms with E-state index in [1.165, 1.54) is 18.4 Å². The molecule has 84 valence electrons. The van der Waals surface area contributed by atoms with Gasteiger partial charge in [0, 0.05) is 18.2 Å². The first kappa shape index (κ1) is 12.3. The molecule has 2 nitrogen and oxygen atoms in total. The molecular formula is C12H17ClNO-. The Bertz CT molecular complexity index is 299. The van der Waals surface area contributed by atoms with Crippen molar-refractivity contribution in [3.63, 3.8) is 0 Å². The van der Waals surface area contributed by atoms with E-state index in [-0.39, 0.29) is 12.4 Å². The number of rotatable bonds is 5. The molecule has 0 aromatic heterocycles. The number of hydrogen-bond donors (Lipinski definition) is 1. The van der Waals surface area contributed by atoms with Gasteiger partial charge in [-0.1, -0.05) is 18.2 Å². The predicted octanol–water partition coefficient (Wildman–Crippen LogP) is -0.659. The Kier molecular flexibility index (Phi) is 4.92. The summed E-state index contributed by atoms with van der Waals surface area (Å²) in [6.45, 7) is 3.69. The van der Waals surface area contributed by atoms with E-state index in [4.69, 9.17) is 4.74 Å². The minimum absolute atomic E-state index is 0. The lowest BCUT2D eigenvalue weighted by Crippen LogP contribution is -3.00. The molecule has 1 aromatic rings. The van der Waals surface area contributed by atoms with E-state index in [2.05, 4.69) is 17.4 Å². The fraction of sp³-hybridized carbons (Fsp3) is 0.500. The summed E-state index contributed by atoms with van der Waals surface area (Å²) in [7, 11) is 0. The zero-order valence-corrected chi connectivity index (χ0v) is 9.76. The van der Waals surface area contributed by atoms with Crippen molar-refractivity contribution < 1.29 is 17.1 Å². The van der Waals surface area contributed by atoms with Crippen LogP contribution in [0.2, 0.25) is 0 Å². The maximum Gasteiger partial charge on any atom is 0.123 e. The number of hydrogen-bond acceptors (Lipinski definition) is 2. The summed E-state index contributed by atoms with van der Waals surface area (Å²) in [5.41, 5.74) is 1.27. The highest BCUT2D eigenvalue weighted by molar-refractivity contribution is 5.33. The van der Waals surface area contributed by atoms with E-state index in [1.54, 1.807) is 0 Å². The molecule has 0 amide bonds. The average Bonchev–Trinajstić information content (AvgIpc) is 3.01. The van der Waals surface area contributed by atoms with E-state index in [0.29, 0.717) is 0 Å². The number of benzene rings is 1. The third kappa shape index (κ3) is 3.73. The van der Waals surface area contributed by atoms with Gasteiger partial charge in [0.15, 0.2) is 0 Å². The van der Waals surface area contributed by atoms with Crippen LogP contribution in [-0.2, 0) is 6.54 Å². The summed E-state index contributed by atoms with van der Waals surface area (Å²) < 4.78 is 5.55. The maximum atomic E-state index is 5.55. The highest BCUT2D eigenvalue weighted by Crippen LogP contribution is 2.22. The molecule has 1 aliphatic rings. The molecular weight excluding hydrogens is 210 g/mol. The van der Waals surface area contributed by atoms with Crippen LogP contribution in [0.1, 0.15) is 25.3 Å². The van der Waals surface area contributed by atoms with Crippen molar-refractivity contribution in [1.29, 1.82) is 0 Å². The number of ether oxygens (including phenoxy) is 1. The van der Waals surface area contributed by atoms with Crippen molar-refractivity contribution in [1.82, 2.24) is 5.32 Å². The molecule has 0 radical (unpaired) electrons. The summed E-state index contributed by atoms with van der Waals surface area (Å²) in [5, 5.41) is 3.49. The van der Waals surface area contributed by atoms with Crippen LogP contribution in [0.25, 0.3) is 0 Å². The molecule has 1 fully saturated rings. The van der Waals surface area contributed by atoms with Gasteiger partial charge in [-0.05, 0) is 25.8 Å². The second-order valence-electron chi connectivity index (χ2n) is 3.70. The number of nitrogens with one attached hydrogen (secondary N) is 1. The first-order chi connectivity index (χ1) is 6.90. The van der Waals surface area contributed by atoms with Gasteiger partial charge < -0.3 is 22.5 Å². The molecule has 1 saturated carbocycles. The van der Waals surface area contributed by atoms with Crippen molar-refractivity contribution in [3.8, 4) is 5.75 Å². The van der Waals surface area contributed by atoms with E-state index in [0.717, 1.165) is 24.9 Å². The zero-order chi connectivity index (χ0) is 9.80. The van der Waals surface area contributed by atoms with E-state index >= 15 is 0 Å². The number of halogens is 1. The Morgan fingerprint density at radius 2 is 2.07 bits per heavy atom. The third-order valence-electron chi connectivity index (χ3n) is 2.43. The molecule has 0 saturated heterocycles. The largest absolute Gasteiger partial charge is 1.00 e. The fourth-order valence-corrected chi connectivity index (χ4v) is 1.49. The van der Waals surface area contributed by atoms with E-state index < -0.39 is 0 Å². The normalized spacial score (nSPS) is 14.5. The van der Waals surface area contributed by atoms with Crippen LogP contribution in [0.4, 0.5) is 0 Å². The smallest absolute Gasteiger partial charge is 0.123 e. The molecule has 15 heavy (non-hydrogen) atoms. The molecule has 0 atom stereocenters. The van der Waals surface area contributed by atoms with Crippen LogP contribution < -0.4 is 22.5 Å². The summed E-state index contributed by atoms with van der Waals surface area (Å²) in [6.07, 6.45) is 2.66. The van der Waals surface area contributed by atoms with Gasteiger partial charge in [0.05, 0.1) is 6.61 Å². The Labute approximate surface area is 97.4 Å². The summed E-state index contributed by atoms with van der Waals surface area (Å²) in [6, 6.07) is 9.00. The van der Waals surface area contributed by atoms with Crippen molar-refractivity contribution in [2.24, 2.45) is 0 Å². The molecule has 1 aliphatic carbocycles. The minimum atomic E-state index is 0. The average molecular weight is 227 g/mol. The summed E-state index contributed by atoms with van der Waals surface area (Å²) >= 11 is 0. The molecule has 0 bridgehead atoms. The van der Waals surface area contributed by atoms with Crippen LogP contribution in [0.3, 0.4) is 0 Å². The Morgan fingerprint density at radius 3 is 2.73 bits per heavy atom. The second kappa shape index (κ2) is 5.99. The van der Waals surface area contributed by atoms with Crippen LogP contribution in [0, 0.1) is 0 Å². The van der Waals surface area contributed by atoms with Crippen molar-refractivity contribution >= 4 is 0 Å². The van der Waals surface area contributed by atoms with Crippen LogP contribution in [0.15, 0.2) is 24.3 Å². The molecule has 0 unspecified atom stereocenters. The van der Waals surface area contributed by atoms with Gasteiger partial charge in [-0.2, -0.15) is 0 Å². The lowest BCUT2D eigenvalue weighted by molar-refractivity contribution is -0.00000349. The molecule has 0 aliphatic heterocycles. The van der Waals surface area contributed by atoms with Gasteiger partial charge in [-0.15, -0.1) is 0 Å². The monoisotopic (exact) mass is 226 g/mol. The second-order valence-corrected chi connectivity index (χ2v) is 3.70. The summed E-state index contributed by atoms with van der Waals surface area (Å²) in [4.78, 5) is 0. The third-order valence-corrected chi connectivity index (χ3v) is 2.43. The van der Waals surface area contributed by atoms with Crippen LogP contribution >= 0.6 is 0 Å². The van der Waals surface area contributed by atoms with Crippen molar-refractivity contribution in [2.75, 3.05) is 6.61 Å². The Hall–Kier alpha value is -0.730. The first-order valence-electron chi connectivity index (χ1n) is 5.34. The van der Waals surface area contributed by atoms with Crippen molar-refractivity contribution in [2.45, 2.75) is 32.4 Å². The van der Waals surface area contributed by atoms with Gasteiger partial charge in [-0.25, -0.2) is 0 Å². The van der Waals surface area contributed by atoms with E-state index in [9.17, 15) is 0 Å². The molecule has 2 rings (SSSR count). The lowest BCUT2D eigenvalue weighted by Gasteiger charge is -2.10. The molecule has 3 heteroatoms. The topological polar surface area (TPSA) is 21.3 Å². The van der Waals surface area contributed by atoms with Crippen molar-refractivity contribution in [3.05, 3.63) is 29.8 Å². The molecule has 0 heterocycles. The molecule has 1 N–H and O–H groups in total. The zero-order valence-electron chi connectivity index (χ0n) is 9.00. The van der Waals surface area contributed by atoms with Gasteiger partial charge in [-0.3, -0.25) is 0 Å². The Balaban J connectivity index is 0.00000112. The maximum absolute atomic E-state index is 5.55. The van der Waals surface area contributed by atoms with Gasteiger partial charge >= 0.3 is 0 Å². The standard InChI is InChI=1S/C12H17NO.ClH/c1-2-14-12-6-4-3-5-10(12)9-13-11-7-8-11;/h3-6,11,13H,2,7-9H2,1H3;1H/p-1. The minimum Gasteiger partial charge on any atom is -1.00 e. The van der Waals surface area contributed by atoms with Crippen LogP contribution in [-0.4, -0.2) is 12.6 Å². The highest BCUT2D eigenvalue weighted by atomic mass is 35.5. The van der Waals surface area contributed by atoms with E-state index in [1.807, 2.05) is 19.1 Å². The van der Waals surface area contributed by atoms with Crippen LogP contribution in [0.5, 0.6) is 5.75 Å². The predicted molar refractivity (Wildman–Crippen MR) is 57.5 cm³/mol. The fourth-order valence-electron chi connectivity index (χ4n) is 1.49.